The van der Waals surface area contributed by atoms with Crippen molar-refractivity contribution in [2.75, 3.05) is 38.3 Å². The lowest BCUT2D eigenvalue weighted by Gasteiger charge is -2.59. The Hall–Kier alpha value is -5.68. The molecule has 8 N–H and O–H groups in total. The molecular weight excluding hydrogens is 1070 g/mol. The van der Waals surface area contributed by atoms with Crippen molar-refractivity contribution in [3.8, 4) is 0 Å². The second kappa shape index (κ2) is 23.5. The molecule has 1 saturated heterocycles. The lowest BCUT2D eigenvalue weighted by molar-refractivity contribution is -0.201. The van der Waals surface area contributed by atoms with Gasteiger partial charge < -0.3 is 60.3 Å². The van der Waals surface area contributed by atoms with Crippen molar-refractivity contribution < 1.29 is 71.8 Å². The molecule has 4 fully saturated rings. The summed E-state index contributed by atoms with van der Waals surface area (Å²) in [6.07, 6.45) is 4.92. The fraction of sp³-hybridized carbons (Fsp3) is 0.491. The number of hydrogen-bond donors (Lipinski definition) is 8. The number of allylic oxidation sites excluding steroid dienone is 4. The number of hydrogen-bond acceptors (Lipinski definition) is 13. The van der Waals surface area contributed by atoms with Crippen LogP contribution in [0.2, 0.25) is 0 Å². The molecule has 3 saturated carbocycles. The molecule has 2 heterocycles. The number of nitrogens with zero attached hydrogens (tertiary/aromatic N) is 1. The molecule has 408 valence electrons. The Bertz CT molecular complexity index is 2820. The number of rotatable bonds is 22. The lowest BCUT2D eigenvalue weighted by atomic mass is 9.46. The van der Waals surface area contributed by atoms with Crippen molar-refractivity contribution in [1.29, 1.82) is 0 Å². The predicted octanol–water partition coefficient (Wildman–Crippen LogP) is 2.40. The fourth-order valence-electron chi connectivity index (χ4n) is 12.3. The first-order valence-electron chi connectivity index (χ1n) is 25.1. The standard InChI is InChI=1S/C53H64BrN6O15P/c1-51-18-17-36(61)21-34(51)13-15-37-38-22-43-53(42(63)29-73-76(69,70)71,52(38,2)23-41(62)48(37)51)75-50(74-43)40-16-14-35(60(40)3)19-32-9-11-33(12-10-32)28-72-30-58-46(66)26-57-49(68)39(20-31-7-5-4-6-8-31)59-47(67)27-56-45(65)25-55-44(64)24-54/h4-12,14,16-18,21,37-39,41,43,48,50,62H,13,15,19-20,22-30H2,1-3H3,(H,55,64)(H,56,65)(H,57,68)(H,58,66)(H,59,67)(H2,69,70,71)/t37-,38-,39-,41-,43+,48+,50+,51-,52-,53+/m0/s1. The first kappa shape index (κ1) is 56.5. The molecule has 8 rings (SSSR count). The van der Waals surface area contributed by atoms with Gasteiger partial charge in [0.2, 0.25) is 35.8 Å². The van der Waals surface area contributed by atoms with Gasteiger partial charge in [-0.3, -0.25) is 38.1 Å². The number of carbonyl (C=O) groups is 7. The van der Waals surface area contributed by atoms with Crippen LogP contribution in [0.4, 0.5) is 0 Å². The Morgan fingerprint density at radius 1 is 0.882 bits per heavy atom. The third kappa shape index (κ3) is 12.2. The Morgan fingerprint density at radius 2 is 1.57 bits per heavy atom. The fourth-order valence-corrected chi connectivity index (χ4v) is 12.8. The number of amides is 5. The smallest absolute Gasteiger partial charge is 0.393 e. The summed E-state index contributed by atoms with van der Waals surface area (Å²) in [6.45, 7) is 1.90. The number of alkyl halides is 1. The van der Waals surface area contributed by atoms with Crippen LogP contribution in [0.25, 0.3) is 0 Å². The van der Waals surface area contributed by atoms with E-state index in [1.807, 2.05) is 61.0 Å². The van der Waals surface area contributed by atoms with Crippen LogP contribution in [0.15, 0.2) is 90.5 Å². The molecule has 21 nitrogen and oxygen atoms in total. The Morgan fingerprint density at radius 3 is 2.29 bits per heavy atom. The molecule has 1 aliphatic heterocycles. The number of phosphoric ester groups is 1. The minimum Gasteiger partial charge on any atom is -0.393 e. The number of carbonyl (C=O) groups excluding carboxylic acids is 7. The second-order valence-electron chi connectivity index (χ2n) is 20.6. The average Bonchev–Trinajstić information content (AvgIpc) is 4.11. The van der Waals surface area contributed by atoms with Crippen molar-refractivity contribution in [2.45, 2.75) is 89.1 Å². The summed E-state index contributed by atoms with van der Waals surface area (Å²) >= 11 is 2.98. The number of halogens is 1. The molecule has 1 aromatic heterocycles. The highest BCUT2D eigenvalue weighted by Gasteiger charge is 2.76. The van der Waals surface area contributed by atoms with E-state index in [-0.39, 0.29) is 61.6 Å². The maximum Gasteiger partial charge on any atom is 0.470 e. The molecule has 0 spiro atoms. The molecule has 23 heteroatoms. The van der Waals surface area contributed by atoms with E-state index in [1.54, 1.807) is 42.5 Å². The molecule has 5 amide bonds. The molecular formula is C53H64BrN6O15P. The van der Waals surface area contributed by atoms with Gasteiger partial charge in [0.1, 0.15) is 19.4 Å². The van der Waals surface area contributed by atoms with Crippen molar-refractivity contribution in [3.63, 3.8) is 0 Å². The van der Waals surface area contributed by atoms with E-state index >= 15 is 0 Å². The highest BCUT2D eigenvalue weighted by molar-refractivity contribution is 9.09. The summed E-state index contributed by atoms with van der Waals surface area (Å²) in [4.78, 5) is 108. The van der Waals surface area contributed by atoms with E-state index in [4.69, 9.17) is 18.7 Å². The molecule has 4 aliphatic carbocycles. The van der Waals surface area contributed by atoms with Gasteiger partial charge in [-0.2, -0.15) is 0 Å². The van der Waals surface area contributed by atoms with Crippen LogP contribution in [0.3, 0.4) is 0 Å². The van der Waals surface area contributed by atoms with E-state index in [1.165, 1.54) is 0 Å². The van der Waals surface area contributed by atoms with Crippen LogP contribution in [0, 0.1) is 28.6 Å². The van der Waals surface area contributed by atoms with Gasteiger partial charge in [-0.15, -0.1) is 0 Å². The van der Waals surface area contributed by atoms with Crippen molar-refractivity contribution >= 4 is 64.9 Å². The molecule has 0 radical (unpaired) electrons. The van der Waals surface area contributed by atoms with Crippen molar-refractivity contribution in [1.82, 2.24) is 31.2 Å². The predicted molar refractivity (Wildman–Crippen MR) is 275 cm³/mol. The summed E-state index contributed by atoms with van der Waals surface area (Å²) in [7, 11) is -3.18. The Labute approximate surface area is 447 Å². The number of benzene rings is 2. The maximum absolute atomic E-state index is 14.5. The summed E-state index contributed by atoms with van der Waals surface area (Å²) in [5.74, 6) is -4.01. The van der Waals surface area contributed by atoms with Gasteiger partial charge >= 0.3 is 7.82 Å². The third-order valence-electron chi connectivity index (χ3n) is 15.9. The largest absolute Gasteiger partial charge is 0.470 e. The molecule has 0 unspecified atom stereocenters. The van der Waals surface area contributed by atoms with Crippen molar-refractivity contribution in [3.05, 3.63) is 119 Å². The van der Waals surface area contributed by atoms with Gasteiger partial charge in [-0.05, 0) is 78.5 Å². The average molecular weight is 1140 g/mol. The summed E-state index contributed by atoms with van der Waals surface area (Å²) in [5, 5.41) is 24.6. The van der Waals surface area contributed by atoms with Gasteiger partial charge in [-0.1, -0.05) is 96.0 Å². The Kier molecular flexibility index (Phi) is 17.5. The van der Waals surface area contributed by atoms with Crippen LogP contribution < -0.4 is 26.6 Å². The zero-order valence-electron chi connectivity index (χ0n) is 42.3. The number of aliphatic hydroxyl groups is 1. The molecule has 2 aromatic carbocycles. The number of phosphoric acid groups is 1. The topological polar surface area (TPSA) is 299 Å². The monoisotopic (exact) mass is 1130 g/mol. The van der Waals surface area contributed by atoms with E-state index in [0.29, 0.717) is 31.4 Å². The number of aliphatic hydroxyl groups excluding tert-OH is 1. The first-order valence-corrected chi connectivity index (χ1v) is 27.8. The molecule has 0 bridgehead atoms. The van der Waals surface area contributed by atoms with Gasteiger partial charge in [0.15, 0.2) is 17.2 Å². The number of ketones is 2. The SMILES string of the molecule is Cn1c(Cc2ccc(COCNC(=O)CNC(=O)[C@H](Cc3ccccc3)NC(=O)CNC(=O)CNC(=O)CBr)cc2)ccc1[C@@H]1O[C@@H]2C[C@H]3[C@@H]4CCC5=CC(=O)C=C[C@]5(C)[C@H]4[C@@H](O)C[C@]3(C)[C@]2(C(=O)COP(=O)(O)O)O1. The quantitative estimate of drug-likeness (QED) is 0.0310. The van der Waals surface area contributed by atoms with Crippen LogP contribution in [-0.4, -0.2) is 123 Å². The highest BCUT2D eigenvalue weighted by atomic mass is 79.9. The minimum atomic E-state index is -5.04. The zero-order chi connectivity index (χ0) is 54.6. The summed E-state index contributed by atoms with van der Waals surface area (Å²) in [5.41, 5.74) is 1.78. The van der Waals surface area contributed by atoms with Crippen LogP contribution in [0.1, 0.15) is 73.9 Å². The minimum absolute atomic E-state index is 0.0151. The summed E-state index contributed by atoms with van der Waals surface area (Å²) in [6, 6.07) is 19.3. The Balaban J connectivity index is 0.834. The number of fused-ring (bicyclic) bond motifs is 7. The zero-order valence-corrected chi connectivity index (χ0v) is 44.8. The summed E-state index contributed by atoms with van der Waals surface area (Å²) < 4.78 is 37.9. The van der Waals surface area contributed by atoms with Crippen LogP contribution >= 0.6 is 23.8 Å². The number of aromatic nitrogens is 1. The third-order valence-corrected chi connectivity index (χ3v) is 16.9. The number of ether oxygens (including phenoxy) is 3. The van der Waals surface area contributed by atoms with Gasteiger partial charge in [0, 0.05) is 42.3 Å². The van der Waals surface area contributed by atoms with Gasteiger partial charge in [0.25, 0.3) is 0 Å². The highest BCUT2D eigenvalue weighted by Crippen LogP contribution is 2.70. The van der Waals surface area contributed by atoms with E-state index in [2.05, 4.69) is 49.4 Å². The van der Waals surface area contributed by atoms with E-state index < -0.39 is 104 Å². The van der Waals surface area contributed by atoms with E-state index in [9.17, 15) is 53.0 Å². The second-order valence-corrected chi connectivity index (χ2v) is 22.4. The van der Waals surface area contributed by atoms with Crippen LogP contribution in [-0.2, 0) is 83.4 Å². The molecule has 5 aliphatic rings. The first-order chi connectivity index (χ1) is 36.1. The lowest BCUT2D eigenvalue weighted by Crippen LogP contribution is -2.63. The normalized spacial score (nSPS) is 27.7. The van der Waals surface area contributed by atoms with Gasteiger partial charge in [-0.25, -0.2) is 4.57 Å². The van der Waals surface area contributed by atoms with Crippen molar-refractivity contribution in [2.24, 2.45) is 35.6 Å². The molecule has 10 atom stereocenters. The van der Waals surface area contributed by atoms with Crippen LogP contribution in [0.5, 0.6) is 0 Å². The molecule has 76 heavy (non-hydrogen) atoms. The van der Waals surface area contributed by atoms with Gasteiger partial charge in [0.05, 0.1) is 49.5 Å². The number of Topliss-reactive ketones (excluding diaryl/α,β-unsaturated/α-hetero) is 1. The molecule has 3 aromatic rings. The maximum atomic E-state index is 14.5. The van der Waals surface area contributed by atoms with E-state index in [0.717, 1.165) is 28.0 Å². The number of nitrogens with one attached hydrogen (secondary N) is 5.